The molecule has 4 nitrogen and oxygen atoms in total. The monoisotopic (exact) mass is 376 g/mol. The summed E-state index contributed by atoms with van der Waals surface area (Å²) >= 11 is 1.77. The summed E-state index contributed by atoms with van der Waals surface area (Å²) in [6.45, 7) is 2.78. The number of hydrogen-bond acceptors (Lipinski definition) is 4. The third kappa shape index (κ3) is 4.15. The number of thiophene rings is 1. The van der Waals surface area contributed by atoms with Gasteiger partial charge in [0.25, 0.3) is 5.89 Å². The van der Waals surface area contributed by atoms with Gasteiger partial charge in [-0.25, -0.2) is 0 Å². The Hall–Kier alpha value is -2.76. The first-order chi connectivity index (χ1) is 13.3. The number of quaternary nitrogens is 1. The van der Waals surface area contributed by atoms with Crippen molar-refractivity contribution >= 4 is 11.3 Å². The van der Waals surface area contributed by atoms with Crippen LogP contribution in [-0.2, 0) is 13.0 Å². The van der Waals surface area contributed by atoms with Crippen LogP contribution in [-0.4, -0.2) is 10.1 Å². The van der Waals surface area contributed by atoms with Crippen LogP contribution in [0.4, 0.5) is 0 Å². The zero-order chi connectivity index (χ0) is 18.5. The summed E-state index contributed by atoms with van der Waals surface area (Å²) in [6.07, 6.45) is 1.02. The molecule has 5 heteroatoms. The molecule has 0 aliphatic carbocycles. The molecule has 0 bridgehead atoms. The highest BCUT2D eigenvalue weighted by atomic mass is 32.1. The van der Waals surface area contributed by atoms with Crippen LogP contribution < -0.4 is 5.32 Å². The Labute approximate surface area is 162 Å². The lowest BCUT2D eigenvalue weighted by Gasteiger charge is -2.13. The van der Waals surface area contributed by atoms with Gasteiger partial charge in [0.2, 0.25) is 5.82 Å². The minimum Gasteiger partial charge on any atom is -0.333 e. The van der Waals surface area contributed by atoms with E-state index in [9.17, 15) is 0 Å². The molecule has 136 valence electrons. The van der Waals surface area contributed by atoms with Crippen molar-refractivity contribution in [1.82, 2.24) is 10.1 Å². The molecule has 0 aliphatic heterocycles. The summed E-state index contributed by atoms with van der Waals surface area (Å²) in [5.74, 6) is 1.29. The van der Waals surface area contributed by atoms with Gasteiger partial charge in [0.1, 0.15) is 6.04 Å². The number of nitrogens with zero attached hydrogens (tertiary/aromatic N) is 2. The molecule has 0 unspecified atom stereocenters. The number of rotatable bonds is 7. The van der Waals surface area contributed by atoms with E-state index in [0.29, 0.717) is 18.3 Å². The van der Waals surface area contributed by atoms with Gasteiger partial charge in [0, 0.05) is 11.1 Å². The second kappa shape index (κ2) is 8.29. The van der Waals surface area contributed by atoms with Gasteiger partial charge in [-0.15, -0.1) is 11.3 Å². The molecule has 0 aliphatic rings. The molecule has 2 heterocycles. The Kier molecular flexibility index (Phi) is 5.42. The first-order valence-electron chi connectivity index (χ1n) is 9.17. The van der Waals surface area contributed by atoms with Crippen LogP contribution in [0.25, 0.3) is 11.4 Å². The zero-order valence-electron chi connectivity index (χ0n) is 15.2. The van der Waals surface area contributed by atoms with Crippen LogP contribution >= 0.6 is 11.3 Å². The first-order valence-corrected chi connectivity index (χ1v) is 10.0. The molecule has 0 saturated carbocycles. The van der Waals surface area contributed by atoms with Crippen molar-refractivity contribution in [3.63, 3.8) is 0 Å². The van der Waals surface area contributed by atoms with Gasteiger partial charge in [-0.3, -0.25) is 0 Å². The van der Waals surface area contributed by atoms with Gasteiger partial charge in [-0.1, -0.05) is 72.7 Å². The minimum absolute atomic E-state index is 0.227. The number of aromatic nitrogens is 2. The zero-order valence-corrected chi connectivity index (χ0v) is 16.0. The van der Waals surface area contributed by atoms with Crippen molar-refractivity contribution in [3.05, 3.63) is 94.0 Å². The number of hydrogen-bond donors (Lipinski definition) is 1. The van der Waals surface area contributed by atoms with Crippen molar-refractivity contribution in [3.8, 4) is 11.4 Å². The standard InChI is InChI=1S/C22H21N3OS/c1-2-16-10-12-18(13-11-16)22-24-20(26-25-22)15-23-21(19-9-6-14-27-19)17-7-4-3-5-8-17/h3-14,21,23H,2,15H2,1H3/p+1/t21-/m0/s1. The van der Waals surface area contributed by atoms with Crippen LogP contribution in [0.1, 0.15) is 34.9 Å². The normalized spacial score (nSPS) is 12.2. The van der Waals surface area contributed by atoms with E-state index in [4.69, 9.17) is 4.52 Å². The predicted molar refractivity (Wildman–Crippen MR) is 107 cm³/mol. The summed E-state index contributed by atoms with van der Waals surface area (Å²) in [7, 11) is 0. The van der Waals surface area contributed by atoms with Crippen molar-refractivity contribution in [2.24, 2.45) is 0 Å². The fraction of sp³-hybridized carbons (Fsp3) is 0.182. The predicted octanol–water partition coefficient (Wildman–Crippen LogP) is 4.21. The number of benzene rings is 2. The van der Waals surface area contributed by atoms with Crippen molar-refractivity contribution < 1.29 is 9.84 Å². The quantitative estimate of drug-likeness (QED) is 0.526. The maximum atomic E-state index is 5.49. The van der Waals surface area contributed by atoms with E-state index in [1.54, 1.807) is 11.3 Å². The van der Waals surface area contributed by atoms with Gasteiger partial charge in [-0.2, -0.15) is 4.98 Å². The van der Waals surface area contributed by atoms with E-state index >= 15 is 0 Å². The highest BCUT2D eigenvalue weighted by molar-refractivity contribution is 7.10. The maximum Gasteiger partial charge on any atom is 0.282 e. The smallest absolute Gasteiger partial charge is 0.282 e. The Morgan fingerprint density at radius 1 is 1.00 bits per heavy atom. The highest BCUT2D eigenvalue weighted by Crippen LogP contribution is 2.23. The molecule has 1 atom stereocenters. The van der Waals surface area contributed by atoms with Gasteiger partial charge >= 0.3 is 0 Å². The van der Waals surface area contributed by atoms with Crippen LogP contribution in [0.15, 0.2) is 76.6 Å². The SMILES string of the molecule is CCc1ccc(-c2noc(C[NH2+][C@@H](c3ccccc3)c3cccs3)n2)cc1. The third-order valence-electron chi connectivity index (χ3n) is 4.63. The van der Waals surface area contributed by atoms with Gasteiger partial charge < -0.3 is 9.84 Å². The average molecular weight is 377 g/mol. The van der Waals surface area contributed by atoms with E-state index in [2.05, 4.69) is 88.4 Å². The average Bonchev–Trinajstić information content (AvgIpc) is 3.42. The van der Waals surface area contributed by atoms with Crippen LogP contribution in [0.5, 0.6) is 0 Å². The lowest BCUT2D eigenvalue weighted by molar-refractivity contribution is -0.704. The number of aryl methyl sites for hydroxylation is 1. The fourth-order valence-electron chi connectivity index (χ4n) is 3.11. The molecule has 27 heavy (non-hydrogen) atoms. The summed E-state index contributed by atoms with van der Waals surface area (Å²) < 4.78 is 5.49. The summed E-state index contributed by atoms with van der Waals surface area (Å²) in [5.41, 5.74) is 3.56. The highest BCUT2D eigenvalue weighted by Gasteiger charge is 2.20. The number of nitrogens with two attached hydrogens (primary N) is 1. The topological polar surface area (TPSA) is 55.5 Å². The lowest BCUT2D eigenvalue weighted by atomic mass is 10.1. The molecule has 4 aromatic rings. The van der Waals surface area contributed by atoms with Gasteiger partial charge in [0.05, 0.1) is 4.88 Å². The van der Waals surface area contributed by atoms with Crippen molar-refractivity contribution in [2.45, 2.75) is 25.9 Å². The summed E-state index contributed by atoms with van der Waals surface area (Å²) in [4.78, 5) is 5.89. The maximum absolute atomic E-state index is 5.49. The molecule has 0 saturated heterocycles. The first kappa shape index (κ1) is 17.6. The molecule has 2 N–H and O–H groups in total. The molecule has 0 amide bonds. The van der Waals surface area contributed by atoms with Gasteiger partial charge in [-0.05, 0) is 23.4 Å². The van der Waals surface area contributed by atoms with E-state index in [0.717, 1.165) is 12.0 Å². The third-order valence-corrected chi connectivity index (χ3v) is 5.58. The second-order valence-electron chi connectivity index (χ2n) is 6.41. The molecule has 0 radical (unpaired) electrons. The largest absolute Gasteiger partial charge is 0.333 e. The Morgan fingerprint density at radius 3 is 2.52 bits per heavy atom. The molecule has 4 rings (SSSR count). The molecular formula is C22H22N3OS+. The van der Waals surface area contributed by atoms with Gasteiger partial charge in [0.15, 0.2) is 6.54 Å². The van der Waals surface area contributed by atoms with Crippen molar-refractivity contribution in [2.75, 3.05) is 0 Å². The van der Waals surface area contributed by atoms with E-state index < -0.39 is 0 Å². The Morgan fingerprint density at radius 2 is 1.81 bits per heavy atom. The van der Waals surface area contributed by atoms with E-state index in [1.807, 2.05) is 6.07 Å². The molecule has 0 spiro atoms. The molecule has 0 fully saturated rings. The van der Waals surface area contributed by atoms with Crippen molar-refractivity contribution in [1.29, 1.82) is 0 Å². The van der Waals surface area contributed by atoms with Crippen LogP contribution in [0, 0.1) is 0 Å². The van der Waals surface area contributed by atoms with E-state index in [-0.39, 0.29) is 6.04 Å². The van der Waals surface area contributed by atoms with Crippen LogP contribution in [0.2, 0.25) is 0 Å². The Bertz CT molecular complexity index is 962. The summed E-state index contributed by atoms with van der Waals surface area (Å²) in [5, 5.41) is 8.52. The lowest BCUT2D eigenvalue weighted by Crippen LogP contribution is -2.83. The summed E-state index contributed by atoms with van der Waals surface area (Å²) in [6, 6.07) is 23.3. The van der Waals surface area contributed by atoms with E-state index in [1.165, 1.54) is 16.0 Å². The second-order valence-corrected chi connectivity index (χ2v) is 7.39. The Balaban J connectivity index is 1.49. The molecular weight excluding hydrogens is 354 g/mol. The van der Waals surface area contributed by atoms with Crippen LogP contribution in [0.3, 0.4) is 0 Å². The molecule has 2 aromatic carbocycles. The minimum atomic E-state index is 0.227. The molecule has 2 aromatic heterocycles. The fourth-order valence-corrected chi connectivity index (χ4v) is 3.96.